The van der Waals surface area contributed by atoms with Gasteiger partial charge in [-0.1, -0.05) is 30.0 Å². The standard InChI is InChI=1S/C16H15N3O2S/c1-11-5-2-3-6-12(11)18-14(20)9-19-13-7-4-8-17-16(13)22-10-15(19)21/h2-8H,9-10H2,1H3,(H,18,20). The molecule has 2 aromatic rings. The highest BCUT2D eigenvalue weighted by Crippen LogP contribution is 2.32. The number of aryl methyl sites for hydroxylation is 1. The summed E-state index contributed by atoms with van der Waals surface area (Å²) < 4.78 is 0. The number of thioether (sulfide) groups is 1. The number of pyridine rings is 1. The van der Waals surface area contributed by atoms with E-state index in [1.807, 2.05) is 37.3 Å². The van der Waals surface area contributed by atoms with Crippen LogP contribution in [0.3, 0.4) is 0 Å². The van der Waals surface area contributed by atoms with Gasteiger partial charge in [-0.15, -0.1) is 0 Å². The van der Waals surface area contributed by atoms with Crippen LogP contribution in [0.15, 0.2) is 47.6 Å². The van der Waals surface area contributed by atoms with Crippen molar-refractivity contribution in [3.8, 4) is 0 Å². The molecule has 112 valence electrons. The van der Waals surface area contributed by atoms with Crippen molar-refractivity contribution in [1.82, 2.24) is 4.98 Å². The van der Waals surface area contributed by atoms with Gasteiger partial charge in [0.05, 0.1) is 11.4 Å². The lowest BCUT2D eigenvalue weighted by molar-refractivity contribution is -0.120. The van der Waals surface area contributed by atoms with Gasteiger partial charge in [0.1, 0.15) is 11.6 Å². The number of para-hydroxylation sites is 1. The van der Waals surface area contributed by atoms with E-state index in [0.717, 1.165) is 16.3 Å². The first kappa shape index (κ1) is 14.6. The second-order valence-electron chi connectivity index (χ2n) is 4.96. The third-order valence-corrected chi connectivity index (χ3v) is 4.38. The van der Waals surface area contributed by atoms with Crippen molar-refractivity contribution in [3.63, 3.8) is 0 Å². The Bertz CT molecular complexity index is 733. The van der Waals surface area contributed by atoms with Crippen molar-refractivity contribution < 1.29 is 9.59 Å². The highest BCUT2D eigenvalue weighted by atomic mass is 32.2. The Balaban J connectivity index is 1.77. The third kappa shape index (κ3) is 2.96. The van der Waals surface area contributed by atoms with Crippen LogP contribution in [0, 0.1) is 6.92 Å². The molecule has 0 fully saturated rings. The van der Waals surface area contributed by atoms with Gasteiger partial charge in [0.15, 0.2) is 0 Å². The number of hydrogen-bond donors (Lipinski definition) is 1. The largest absolute Gasteiger partial charge is 0.324 e. The zero-order valence-electron chi connectivity index (χ0n) is 12.1. The summed E-state index contributed by atoms with van der Waals surface area (Å²) in [6.07, 6.45) is 1.69. The molecule has 1 aliphatic heterocycles. The van der Waals surface area contributed by atoms with E-state index in [4.69, 9.17) is 0 Å². The fraction of sp³-hybridized carbons (Fsp3) is 0.188. The molecule has 5 nitrogen and oxygen atoms in total. The first-order valence-corrected chi connectivity index (χ1v) is 7.87. The molecule has 6 heteroatoms. The number of rotatable bonds is 3. The minimum absolute atomic E-state index is 0.00752. The Morgan fingerprint density at radius 3 is 2.95 bits per heavy atom. The Labute approximate surface area is 132 Å². The van der Waals surface area contributed by atoms with Crippen LogP contribution in [-0.4, -0.2) is 29.1 Å². The summed E-state index contributed by atoms with van der Waals surface area (Å²) in [7, 11) is 0. The van der Waals surface area contributed by atoms with Gasteiger partial charge in [-0.3, -0.25) is 14.5 Å². The maximum absolute atomic E-state index is 12.3. The molecule has 2 amide bonds. The molecule has 2 heterocycles. The Hall–Kier alpha value is -2.34. The maximum Gasteiger partial charge on any atom is 0.244 e. The van der Waals surface area contributed by atoms with Crippen LogP contribution in [0.25, 0.3) is 0 Å². The van der Waals surface area contributed by atoms with Crippen LogP contribution < -0.4 is 10.2 Å². The van der Waals surface area contributed by atoms with E-state index in [-0.39, 0.29) is 18.4 Å². The minimum atomic E-state index is -0.218. The molecule has 1 aliphatic rings. The molecule has 22 heavy (non-hydrogen) atoms. The lowest BCUT2D eigenvalue weighted by Crippen LogP contribution is -2.41. The van der Waals surface area contributed by atoms with Crippen molar-refractivity contribution in [2.45, 2.75) is 11.9 Å². The first-order chi connectivity index (χ1) is 10.6. The van der Waals surface area contributed by atoms with Gasteiger partial charge in [-0.25, -0.2) is 4.98 Å². The molecule has 0 atom stereocenters. The van der Waals surface area contributed by atoms with E-state index in [2.05, 4.69) is 10.3 Å². The van der Waals surface area contributed by atoms with Gasteiger partial charge < -0.3 is 5.32 Å². The van der Waals surface area contributed by atoms with E-state index >= 15 is 0 Å². The van der Waals surface area contributed by atoms with Gasteiger partial charge in [0.2, 0.25) is 11.8 Å². The maximum atomic E-state index is 12.3. The lowest BCUT2D eigenvalue weighted by Gasteiger charge is -2.27. The van der Waals surface area contributed by atoms with Crippen molar-refractivity contribution in [1.29, 1.82) is 0 Å². The Morgan fingerprint density at radius 2 is 2.14 bits per heavy atom. The van der Waals surface area contributed by atoms with Crippen molar-refractivity contribution >= 4 is 35.0 Å². The number of amides is 2. The molecule has 0 radical (unpaired) electrons. The number of benzene rings is 1. The summed E-state index contributed by atoms with van der Waals surface area (Å²) in [4.78, 5) is 30.1. The SMILES string of the molecule is Cc1ccccc1NC(=O)CN1C(=O)CSc2ncccc21. The fourth-order valence-electron chi connectivity index (χ4n) is 2.26. The van der Waals surface area contributed by atoms with Gasteiger partial charge in [0, 0.05) is 11.9 Å². The van der Waals surface area contributed by atoms with Gasteiger partial charge in [-0.05, 0) is 30.7 Å². The molecule has 0 unspecified atom stereocenters. The molecule has 0 bridgehead atoms. The smallest absolute Gasteiger partial charge is 0.244 e. The predicted molar refractivity (Wildman–Crippen MR) is 87.1 cm³/mol. The summed E-state index contributed by atoms with van der Waals surface area (Å²) in [5, 5.41) is 3.63. The molecule has 0 spiro atoms. The average molecular weight is 313 g/mol. The minimum Gasteiger partial charge on any atom is -0.324 e. The summed E-state index contributed by atoms with van der Waals surface area (Å²) >= 11 is 1.40. The lowest BCUT2D eigenvalue weighted by atomic mass is 10.2. The highest BCUT2D eigenvalue weighted by molar-refractivity contribution is 8.00. The van der Waals surface area contributed by atoms with Crippen LogP contribution in [-0.2, 0) is 9.59 Å². The van der Waals surface area contributed by atoms with Crippen LogP contribution in [0.5, 0.6) is 0 Å². The molecular formula is C16H15N3O2S. The number of nitrogens with zero attached hydrogens (tertiary/aromatic N) is 2. The average Bonchev–Trinajstić information content (AvgIpc) is 2.52. The van der Waals surface area contributed by atoms with Crippen LogP contribution in [0.1, 0.15) is 5.56 Å². The van der Waals surface area contributed by atoms with Gasteiger partial charge in [-0.2, -0.15) is 0 Å². The molecule has 0 aliphatic carbocycles. The summed E-state index contributed by atoms with van der Waals surface area (Å²) in [5.41, 5.74) is 2.44. The van der Waals surface area contributed by atoms with E-state index in [1.54, 1.807) is 12.3 Å². The number of hydrogen-bond acceptors (Lipinski definition) is 4. The first-order valence-electron chi connectivity index (χ1n) is 6.89. The van der Waals surface area contributed by atoms with E-state index < -0.39 is 0 Å². The van der Waals surface area contributed by atoms with Crippen molar-refractivity contribution in [2.75, 3.05) is 22.5 Å². The van der Waals surface area contributed by atoms with Crippen LogP contribution in [0.4, 0.5) is 11.4 Å². The van der Waals surface area contributed by atoms with Crippen molar-refractivity contribution in [3.05, 3.63) is 48.2 Å². The number of aromatic nitrogens is 1. The van der Waals surface area contributed by atoms with E-state index in [1.165, 1.54) is 16.7 Å². The fourth-order valence-corrected chi connectivity index (χ4v) is 3.14. The number of anilines is 2. The number of carbonyl (C=O) groups is 2. The Morgan fingerprint density at radius 1 is 1.32 bits per heavy atom. The quantitative estimate of drug-likeness (QED) is 0.945. The Kier molecular flexibility index (Phi) is 4.11. The highest BCUT2D eigenvalue weighted by Gasteiger charge is 2.27. The second-order valence-corrected chi connectivity index (χ2v) is 5.92. The zero-order valence-corrected chi connectivity index (χ0v) is 12.9. The molecular weight excluding hydrogens is 298 g/mol. The van der Waals surface area contributed by atoms with Crippen LogP contribution in [0.2, 0.25) is 0 Å². The third-order valence-electron chi connectivity index (χ3n) is 3.40. The molecule has 0 saturated carbocycles. The number of nitrogens with one attached hydrogen (secondary N) is 1. The predicted octanol–water partition coefficient (Wildman–Crippen LogP) is 2.47. The van der Waals surface area contributed by atoms with E-state index in [9.17, 15) is 9.59 Å². The molecule has 3 rings (SSSR count). The molecule has 0 saturated heterocycles. The molecule has 1 aromatic carbocycles. The van der Waals surface area contributed by atoms with Crippen molar-refractivity contribution in [2.24, 2.45) is 0 Å². The summed E-state index contributed by atoms with van der Waals surface area (Å²) in [6, 6.07) is 11.1. The summed E-state index contributed by atoms with van der Waals surface area (Å²) in [5.74, 6) is 0.0107. The topological polar surface area (TPSA) is 62.3 Å². The number of carbonyl (C=O) groups excluding carboxylic acids is 2. The normalized spacial score (nSPS) is 13.7. The van der Waals surface area contributed by atoms with Gasteiger partial charge >= 0.3 is 0 Å². The zero-order chi connectivity index (χ0) is 15.5. The molecule has 1 aromatic heterocycles. The van der Waals surface area contributed by atoms with Gasteiger partial charge in [0.25, 0.3) is 0 Å². The molecule has 1 N–H and O–H groups in total. The van der Waals surface area contributed by atoms with E-state index in [0.29, 0.717) is 11.4 Å². The van der Waals surface area contributed by atoms with Crippen LogP contribution >= 0.6 is 11.8 Å². The second kappa shape index (κ2) is 6.19. The summed E-state index contributed by atoms with van der Waals surface area (Å²) in [6.45, 7) is 1.92. The number of fused-ring (bicyclic) bond motifs is 1. The monoisotopic (exact) mass is 313 g/mol.